The molecule has 0 aromatic heterocycles. The summed E-state index contributed by atoms with van der Waals surface area (Å²) in [5.74, 6) is 0.0697. The number of rotatable bonds is 2. The number of anilines is 2. The molecule has 3 rings (SSSR count). The zero-order valence-electron chi connectivity index (χ0n) is 10.0. The smallest absolute Gasteiger partial charge is 0.236 e. The molecule has 19 heavy (non-hydrogen) atoms. The fourth-order valence-corrected chi connectivity index (χ4v) is 2.72. The minimum Gasteiger partial charge on any atom is -0.280 e. The molecule has 2 aromatic rings. The lowest BCUT2D eigenvalue weighted by Gasteiger charge is -2.17. The number of carbonyl (C=O) groups excluding carboxylic acids is 1. The summed E-state index contributed by atoms with van der Waals surface area (Å²) in [6.45, 7) is 0. The molecule has 1 aliphatic rings. The number of thiocyanates is 1. The van der Waals surface area contributed by atoms with Crippen LogP contribution in [0, 0.1) is 10.7 Å². The number of para-hydroxylation sites is 1. The lowest BCUT2D eigenvalue weighted by atomic mass is 10.2. The first kappa shape index (κ1) is 11.8. The van der Waals surface area contributed by atoms with Gasteiger partial charge in [-0.2, -0.15) is 5.26 Å². The number of nitrogens with zero attached hydrogens (tertiary/aromatic N) is 2. The zero-order valence-corrected chi connectivity index (χ0v) is 10.9. The van der Waals surface area contributed by atoms with E-state index in [1.807, 2.05) is 53.9 Å². The third-order valence-electron chi connectivity index (χ3n) is 3.06. The second kappa shape index (κ2) is 4.79. The van der Waals surface area contributed by atoms with Crippen LogP contribution in [0.15, 0.2) is 53.4 Å². The first-order valence-electron chi connectivity index (χ1n) is 5.86. The summed E-state index contributed by atoms with van der Waals surface area (Å²) in [5.41, 5.74) is 2.78. The van der Waals surface area contributed by atoms with Gasteiger partial charge in [0.05, 0.1) is 12.1 Å². The molecular weight excluding hydrogens is 256 g/mol. The molecule has 0 radical (unpaired) electrons. The van der Waals surface area contributed by atoms with Crippen molar-refractivity contribution in [3.63, 3.8) is 0 Å². The van der Waals surface area contributed by atoms with Crippen molar-refractivity contribution in [2.75, 3.05) is 4.90 Å². The Bertz CT molecular complexity index is 676. The topological polar surface area (TPSA) is 44.1 Å². The summed E-state index contributed by atoms with van der Waals surface area (Å²) in [6.07, 6.45) is 0.393. The summed E-state index contributed by atoms with van der Waals surface area (Å²) in [6, 6.07) is 15.3. The molecule has 1 heterocycles. The van der Waals surface area contributed by atoms with Gasteiger partial charge in [-0.15, -0.1) is 0 Å². The lowest BCUT2D eigenvalue weighted by Crippen LogP contribution is -2.20. The molecule has 0 bridgehead atoms. The van der Waals surface area contributed by atoms with Crippen LogP contribution in [-0.4, -0.2) is 5.91 Å². The van der Waals surface area contributed by atoms with Crippen molar-refractivity contribution in [2.24, 2.45) is 0 Å². The summed E-state index contributed by atoms with van der Waals surface area (Å²) >= 11 is 1.12. The van der Waals surface area contributed by atoms with Gasteiger partial charge in [0.25, 0.3) is 0 Å². The first-order valence-corrected chi connectivity index (χ1v) is 6.68. The van der Waals surface area contributed by atoms with Crippen LogP contribution in [0.1, 0.15) is 5.56 Å². The van der Waals surface area contributed by atoms with Crippen molar-refractivity contribution in [1.82, 2.24) is 0 Å². The molecule has 2 aromatic carbocycles. The minimum absolute atomic E-state index is 0.0697. The highest BCUT2D eigenvalue weighted by Gasteiger charge is 2.28. The number of carbonyl (C=O) groups is 1. The van der Waals surface area contributed by atoms with E-state index in [4.69, 9.17) is 5.26 Å². The Labute approximate surface area is 115 Å². The van der Waals surface area contributed by atoms with Gasteiger partial charge in [-0.1, -0.05) is 18.2 Å². The van der Waals surface area contributed by atoms with E-state index < -0.39 is 0 Å². The van der Waals surface area contributed by atoms with E-state index >= 15 is 0 Å². The average molecular weight is 266 g/mol. The van der Waals surface area contributed by atoms with E-state index in [2.05, 4.69) is 0 Å². The van der Waals surface area contributed by atoms with Crippen molar-refractivity contribution in [3.8, 4) is 5.40 Å². The monoisotopic (exact) mass is 266 g/mol. The molecule has 4 heteroatoms. The maximum atomic E-state index is 12.2. The molecule has 0 saturated heterocycles. The molecule has 3 nitrogen and oxygen atoms in total. The van der Waals surface area contributed by atoms with Gasteiger partial charge in [0.2, 0.25) is 5.91 Å². The van der Waals surface area contributed by atoms with E-state index in [-0.39, 0.29) is 5.91 Å². The molecule has 0 unspecified atom stereocenters. The summed E-state index contributed by atoms with van der Waals surface area (Å²) in [7, 11) is 0. The van der Waals surface area contributed by atoms with Crippen LogP contribution < -0.4 is 4.90 Å². The van der Waals surface area contributed by atoms with E-state index in [9.17, 15) is 4.79 Å². The number of benzene rings is 2. The molecular formula is C15H10N2OS. The Kier molecular flexibility index (Phi) is 2.98. The fourth-order valence-electron chi connectivity index (χ4n) is 2.27. The molecule has 1 aliphatic heterocycles. The molecule has 92 valence electrons. The standard InChI is InChI=1S/C15H10N2OS/c16-10-19-13-6-7-14-11(8-13)9-15(18)17(14)12-4-2-1-3-5-12/h1-8H,9H2. The number of amides is 1. The van der Waals surface area contributed by atoms with Crippen LogP contribution in [-0.2, 0) is 11.2 Å². The maximum absolute atomic E-state index is 12.2. The Hall–Kier alpha value is -2.25. The largest absolute Gasteiger partial charge is 0.280 e. The third-order valence-corrected chi connectivity index (χ3v) is 3.64. The average Bonchev–Trinajstić information content (AvgIpc) is 2.75. The zero-order chi connectivity index (χ0) is 13.2. The number of hydrogen-bond donors (Lipinski definition) is 0. The van der Waals surface area contributed by atoms with Gasteiger partial charge in [0, 0.05) is 10.6 Å². The predicted molar refractivity (Wildman–Crippen MR) is 75.2 cm³/mol. The fraction of sp³-hybridized carbons (Fsp3) is 0.0667. The summed E-state index contributed by atoms with van der Waals surface area (Å²) in [5, 5.41) is 10.7. The molecule has 0 saturated carbocycles. The summed E-state index contributed by atoms with van der Waals surface area (Å²) in [4.78, 5) is 14.8. The van der Waals surface area contributed by atoms with Gasteiger partial charge in [-0.05, 0) is 47.7 Å². The summed E-state index contributed by atoms with van der Waals surface area (Å²) < 4.78 is 0. The first-order chi connectivity index (χ1) is 9.29. The minimum atomic E-state index is 0.0697. The van der Waals surface area contributed by atoms with Crippen molar-refractivity contribution < 1.29 is 4.79 Å². The van der Waals surface area contributed by atoms with Crippen LogP contribution >= 0.6 is 11.8 Å². The van der Waals surface area contributed by atoms with Crippen molar-refractivity contribution >= 4 is 29.0 Å². The predicted octanol–water partition coefficient (Wildman–Crippen LogP) is 3.48. The highest BCUT2D eigenvalue weighted by Crippen LogP contribution is 2.37. The lowest BCUT2D eigenvalue weighted by molar-refractivity contribution is -0.116. The number of nitriles is 1. The number of fused-ring (bicyclic) bond motifs is 1. The Morgan fingerprint density at radius 1 is 1.16 bits per heavy atom. The highest BCUT2D eigenvalue weighted by atomic mass is 32.2. The van der Waals surface area contributed by atoms with Gasteiger partial charge in [-0.25, -0.2) is 0 Å². The number of hydrogen-bond acceptors (Lipinski definition) is 3. The van der Waals surface area contributed by atoms with Crippen LogP contribution in [0.25, 0.3) is 0 Å². The van der Waals surface area contributed by atoms with Gasteiger partial charge >= 0.3 is 0 Å². The molecule has 0 spiro atoms. The SMILES string of the molecule is N#CSc1ccc2c(c1)CC(=O)N2c1ccccc1. The second-order valence-electron chi connectivity index (χ2n) is 4.23. The third kappa shape index (κ3) is 2.09. The number of thioether (sulfide) groups is 1. The molecule has 0 N–H and O–H groups in total. The van der Waals surface area contributed by atoms with Crippen molar-refractivity contribution in [1.29, 1.82) is 5.26 Å². The van der Waals surface area contributed by atoms with Gasteiger partial charge < -0.3 is 0 Å². The normalized spacial score (nSPS) is 13.2. The quantitative estimate of drug-likeness (QED) is 0.617. The van der Waals surface area contributed by atoms with Crippen LogP contribution in [0.4, 0.5) is 11.4 Å². The van der Waals surface area contributed by atoms with Crippen LogP contribution in [0.2, 0.25) is 0 Å². The van der Waals surface area contributed by atoms with Gasteiger partial charge in [0.15, 0.2) is 0 Å². The maximum Gasteiger partial charge on any atom is 0.236 e. The van der Waals surface area contributed by atoms with Gasteiger partial charge in [-0.3, -0.25) is 9.69 Å². The Balaban J connectivity index is 2.04. The van der Waals surface area contributed by atoms with E-state index in [1.165, 1.54) is 0 Å². The van der Waals surface area contributed by atoms with Crippen molar-refractivity contribution in [3.05, 3.63) is 54.1 Å². The van der Waals surface area contributed by atoms with Crippen LogP contribution in [0.3, 0.4) is 0 Å². The van der Waals surface area contributed by atoms with Gasteiger partial charge in [0.1, 0.15) is 5.40 Å². The van der Waals surface area contributed by atoms with E-state index in [0.29, 0.717) is 6.42 Å². The molecule has 0 aliphatic carbocycles. The Morgan fingerprint density at radius 2 is 1.95 bits per heavy atom. The molecule has 1 amide bonds. The van der Waals surface area contributed by atoms with E-state index in [1.54, 1.807) is 4.90 Å². The van der Waals surface area contributed by atoms with Crippen molar-refractivity contribution in [2.45, 2.75) is 11.3 Å². The van der Waals surface area contributed by atoms with Crippen LogP contribution in [0.5, 0.6) is 0 Å². The molecule has 0 fully saturated rings. The molecule has 0 atom stereocenters. The van der Waals surface area contributed by atoms with E-state index in [0.717, 1.165) is 33.6 Å². The second-order valence-corrected chi connectivity index (χ2v) is 5.08. The Morgan fingerprint density at radius 3 is 2.68 bits per heavy atom. The highest BCUT2D eigenvalue weighted by molar-refractivity contribution is 8.03.